The second-order valence-electron chi connectivity index (χ2n) is 12.2. The smallest absolute Gasteiger partial charge is 0.856 e. The van der Waals surface area contributed by atoms with Crippen LogP contribution in [0.3, 0.4) is 0 Å². The number of phosphoric acid groups is 1. The number of fused-ring (bicyclic) bond motifs is 1. The Hall–Kier alpha value is -2.53. The summed E-state index contributed by atoms with van der Waals surface area (Å²) < 4.78 is 60.5. The van der Waals surface area contributed by atoms with E-state index in [9.17, 15) is 38.9 Å². The number of nitro groups is 1. The number of nitrogen functional groups attached to an aromatic ring is 1. The Morgan fingerprint density at radius 3 is 2.45 bits per heavy atom. The van der Waals surface area contributed by atoms with Crippen LogP contribution in [0.25, 0.3) is 11.2 Å². The Morgan fingerprint density at radius 2 is 1.85 bits per heavy atom. The molecule has 0 radical (unpaired) electrons. The number of carbonyl (C=O) groups excluding carboxylic acids is 1. The van der Waals surface area contributed by atoms with Gasteiger partial charge in [0.1, 0.15) is 18.5 Å². The largest absolute Gasteiger partial charge is 1.00 e. The van der Waals surface area contributed by atoms with Crippen molar-refractivity contribution < 1.29 is 125 Å². The molecule has 0 bridgehead atoms. The first kappa shape index (κ1) is 44.9. The van der Waals surface area contributed by atoms with Crippen LogP contribution in [0.1, 0.15) is 38.7 Å². The number of nitrogens with two attached hydrogens (primary N) is 1. The van der Waals surface area contributed by atoms with E-state index in [0.29, 0.717) is 4.34 Å². The number of carbonyl (C=O) groups is 1. The predicted octanol–water partition coefficient (Wildman–Crippen LogP) is -5.24. The Balaban J connectivity index is 0.00000378. The Morgan fingerprint density at radius 1 is 1.17 bits per heavy atom. The quantitative estimate of drug-likeness (QED) is 0.0350. The molecule has 26 heteroatoms. The van der Waals surface area contributed by atoms with E-state index in [-0.39, 0.29) is 87.5 Å². The van der Waals surface area contributed by atoms with Crippen LogP contribution in [0.4, 0.5) is 16.4 Å². The molecule has 4 aromatic rings. The maximum atomic E-state index is 13.5. The van der Waals surface area contributed by atoms with E-state index in [1.54, 1.807) is 20.8 Å². The molecule has 4 unspecified atom stereocenters. The second-order valence-corrected chi connectivity index (χ2v) is 15.4. The van der Waals surface area contributed by atoms with Gasteiger partial charge in [-0.3, -0.25) is 32.5 Å². The average molecular weight is 801 g/mol. The van der Waals surface area contributed by atoms with Crippen molar-refractivity contribution in [3.05, 3.63) is 65.0 Å². The zero-order valence-corrected chi connectivity index (χ0v) is 35.3. The van der Waals surface area contributed by atoms with Gasteiger partial charge in [0, 0.05) is 36.9 Å². The van der Waals surface area contributed by atoms with Crippen molar-refractivity contribution >= 4 is 44.5 Å². The molecule has 2 N–H and O–H groups in total. The number of aromatic nitrogens is 6. The van der Waals surface area contributed by atoms with E-state index in [0.717, 1.165) is 18.7 Å². The van der Waals surface area contributed by atoms with Gasteiger partial charge in [0.25, 0.3) is 19.5 Å². The Labute approximate surface area is 345 Å². The van der Waals surface area contributed by atoms with E-state index in [1.807, 2.05) is 0 Å². The summed E-state index contributed by atoms with van der Waals surface area (Å²) in [5.41, 5.74) is 4.54. The maximum Gasteiger partial charge on any atom is 1.00 e. The molecule has 1 saturated heterocycles. The summed E-state index contributed by atoms with van der Waals surface area (Å²) in [6.07, 6.45) is -4.18. The second kappa shape index (κ2) is 17.5. The van der Waals surface area contributed by atoms with Crippen molar-refractivity contribution in [3.8, 4) is 5.88 Å². The molecule has 1 aromatic carbocycles. The van der Waals surface area contributed by atoms with Gasteiger partial charge in [-0.25, -0.2) is 19.3 Å². The van der Waals surface area contributed by atoms with Crippen LogP contribution in [-0.2, 0) is 44.0 Å². The number of rotatable bonds is 12. The number of hydrogen-bond donors (Lipinski definition) is 1. The SMILES string of the molecule is CO[C@H]1C(OC(=O)OC(c2ccccc2[N+](=O)[O-])C(C)(C)C)[C@@H](COP(=O)([O-])OP(=O)([O-])n2ccnc2)O[C@H]1[n+]1cn(C)c2c([O-])nc(N)nc21.[Na+].[Na+]. The third-order valence-corrected chi connectivity index (χ3v) is 10.5. The molecule has 3 aromatic heterocycles. The summed E-state index contributed by atoms with van der Waals surface area (Å²) in [5.74, 6) is -1.10. The van der Waals surface area contributed by atoms with E-state index in [4.69, 9.17) is 29.2 Å². The number of ether oxygens (including phenoxy) is 4. The summed E-state index contributed by atoms with van der Waals surface area (Å²) in [5, 5.41) is 24.4. The third-order valence-electron chi connectivity index (χ3n) is 7.60. The van der Waals surface area contributed by atoms with Crippen molar-refractivity contribution in [2.75, 3.05) is 19.5 Å². The minimum atomic E-state index is -5.66. The number of imidazole rings is 2. The number of nitrogens with zero attached hydrogens (tertiary/aromatic N) is 7. The molecule has 0 amide bonds. The fraction of sp³-hybridized carbons (Fsp3) is 0.444. The number of phosphoric ester groups is 1. The number of anilines is 1. The van der Waals surface area contributed by atoms with Crippen LogP contribution in [0, 0.1) is 15.5 Å². The molecule has 276 valence electrons. The predicted molar refractivity (Wildman–Crippen MR) is 164 cm³/mol. The van der Waals surface area contributed by atoms with Gasteiger partial charge >= 0.3 is 70.9 Å². The van der Waals surface area contributed by atoms with Gasteiger partial charge in [-0.1, -0.05) is 37.9 Å². The van der Waals surface area contributed by atoms with Crippen LogP contribution >= 0.6 is 15.6 Å². The molecular weight excluding hydrogens is 768 g/mol. The molecule has 53 heavy (non-hydrogen) atoms. The normalized spacial score (nSPS) is 21.4. The molecule has 7 atom stereocenters. The van der Waals surface area contributed by atoms with Crippen LogP contribution in [-0.4, -0.2) is 67.0 Å². The van der Waals surface area contributed by atoms with Crippen molar-refractivity contribution in [2.24, 2.45) is 12.5 Å². The van der Waals surface area contributed by atoms with E-state index < -0.39 is 75.2 Å². The van der Waals surface area contributed by atoms with E-state index >= 15 is 0 Å². The summed E-state index contributed by atoms with van der Waals surface area (Å²) >= 11 is 0. The summed E-state index contributed by atoms with van der Waals surface area (Å²) in [6.45, 7) is 4.01. The number of aryl methyl sites for hydroxylation is 1. The molecule has 1 fully saturated rings. The van der Waals surface area contributed by atoms with Crippen LogP contribution in [0.15, 0.2) is 49.3 Å². The maximum absolute atomic E-state index is 13.5. The van der Waals surface area contributed by atoms with E-state index in [1.165, 1.54) is 53.9 Å². The fourth-order valence-corrected chi connectivity index (χ4v) is 7.72. The number of hydrogen-bond acceptors (Lipinski definition) is 18. The molecule has 0 saturated carbocycles. The molecule has 22 nitrogen and oxygen atoms in total. The van der Waals surface area contributed by atoms with Gasteiger partial charge in [-0.15, -0.1) is 0 Å². The number of methoxy groups -OCH3 is 1. The zero-order valence-electron chi connectivity index (χ0n) is 29.5. The monoisotopic (exact) mass is 800 g/mol. The molecule has 1 aliphatic rings. The van der Waals surface area contributed by atoms with Crippen molar-refractivity contribution in [2.45, 2.75) is 51.4 Å². The van der Waals surface area contributed by atoms with Gasteiger partial charge in [-0.05, 0) is 6.07 Å². The molecule has 5 rings (SSSR count). The van der Waals surface area contributed by atoms with Crippen LogP contribution in [0.5, 0.6) is 5.88 Å². The first-order valence-electron chi connectivity index (χ1n) is 14.8. The molecule has 1 aliphatic heterocycles. The molecular formula is C27H32N8Na2O14P2. The van der Waals surface area contributed by atoms with Gasteiger partial charge < -0.3 is 44.1 Å². The summed E-state index contributed by atoms with van der Waals surface area (Å²) in [4.78, 5) is 61.1. The van der Waals surface area contributed by atoms with Gasteiger partial charge in [-0.2, -0.15) is 0 Å². The Kier molecular flexibility index (Phi) is 14.8. The van der Waals surface area contributed by atoms with Gasteiger partial charge in [0.2, 0.25) is 14.0 Å². The van der Waals surface area contributed by atoms with Crippen molar-refractivity contribution in [1.29, 1.82) is 0 Å². The van der Waals surface area contributed by atoms with Crippen LogP contribution < -0.4 is 84.3 Å². The molecule has 4 heterocycles. The topological polar surface area (TPSA) is 297 Å². The zero-order chi connectivity index (χ0) is 37.5. The number of para-hydroxylation sites is 1. The molecule has 0 aliphatic carbocycles. The fourth-order valence-electron chi connectivity index (χ4n) is 5.44. The standard InChI is InChI=1S/C27H34N8O14P2.2Na/c1-27(2,3)21(15-8-6-7-9-16(15)35(38)39)48-26(37)47-19-17(12-45-51(42,43)49-50(40,41)33-11-10-29-13-33)46-24(20(19)44-5)34-14-32(4)18-22(34)30-25(28)31-23(18)36;;/h6-11,13-14,17,19-21,24H,12H2,1-5H3,(H4-,28,30,31,36,40,41,42,43);;/q;2*+1/p-2/t17-,19?,20+,21?,24-;;/m1../s1. The summed E-state index contributed by atoms with van der Waals surface area (Å²) in [7, 11) is -8.22. The number of nitro benzene ring substituents is 1. The van der Waals surface area contributed by atoms with Crippen LogP contribution in [0.2, 0.25) is 0 Å². The third kappa shape index (κ3) is 10.0. The average Bonchev–Trinajstić information content (AvgIpc) is 3.76. The Bertz CT molecular complexity index is 2030. The minimum Gasteiger partial charge on any atom is -0.856 e. The van der Waals surface area contributed by atoms with Crippen molar-refractivity contribution in [1.82, 2.24) is 23.9 Å². The van der Waals surface area contributed by atoms with Gasteiger partial charge in [0.15, 0.2) is 24.1 Å². The first-order chi connectivity index (χ1) is 23.8. The van der Waals surface area contributed by atoms with E-state index in [2.05, 4.69) is 19.3 Å². The minimum absolute atomic E-state index is 0. The van der Waals surface area contributed by atoms with Crippen molar-refractivity contribution in [3.63, 3.8) is 0 Å². The number of benzene rings is 1. The summed E-state index contributed by atoms with van der Waals surface area (Å²) in [6, 6.07) is 5.64. The first-order valence-corrected chi connectivity index (χ1v) is 17.7. The molecule has 0 spiro atoms. The van der Waals surface area contributed by atoms with Gasteiger partial charge in [0.05, 0.1) is 24.1 Å².